The average molecular weight is 507 g/mol. The lowest BCUT2D eigenvalue weighted by atomic mass is 9.73. The van der Waals surface area contributed by atoms with Crippen molar-refractivity contribution in [3.63, 3.8) is 0 Å². The monoisotopic (exact) mass is 506 g/mol. The minimum absolute atomic E-state index is 0.0438. The first-order valence-corrected chi connectivity index (χ1v) is 15.2. The van der Waals surface area contributed by atoms with Gasteiger partial charge in [-0.2, -0.15) is 0 Å². The van der Waals surface area contributed by atoms with E-state index in [1.165, 1.54) is 52.7 Å². The zero-order chi connectivity index (χ0) is 26.1. The Morgan fingerprint density at radius 2 is 0.829 bits per heavy atom. The van der Waals surface area contributed by atoms with Gasteiger partial charge >= 0.3 is 7.82 Å². The van der Waals surface area contributed by atoms with Crippen LogP contribution in [0.25, 0.3) is 0 Å². The van der Waals surface area contributed by atoms with Gasteiger partial charge in [0, 0.05) is 0 Å². The van der Waals surface area contributed by atoms with Crippen LogP contribution in [-0.2, 0) is 18.1 Å². The molecule has 0 aromatic carbocycles. The van der Waals surface area contributed by atoms with Crippen molar-refractivity contribution in [2.45, 2.75) is 120 Å². The smallest absolute Gasteiger partial charge is 0.282 e. The summed E-state index contributed by atoms with van der Waals surface area (Å²) in [6, 6.07) is 0. The van der Waals surface area contributed by atoms with Crippen molar-refractivity contribution in [3.05, 3.63) is 33.4 Å². The molecule has 4 nitrogen and oxygen atoms in total. The topological polar surface area (TPSA) is 44.8 Å². The number of allylic oxidation sites excluding steroid dienone is 3. The molecule has 0 unspecified atom stereocenters. The molecule has 0 aromatic heterocycles. The highest BCUT2D eigenvalue weighted by molar-refractivity contribution is 7.48. The van der Waals surface area contributed by atoms with E-state index in [0.29, 0.717) is 19.8 Å². The van der Waals surface area contributed by atoms with Crippen molar-refractivity contribution >= 4 is 7.82 Å². The summed E-state index contributed by atoms with van der Waals surface area (Å²) in [5, 5.41) is 0. The third-order valence-electron chi connectivity index (χ3n) is 9.16. The molecule has 200 valence electrons. The molecule has 5 heteroatoms. The maximum absolute atomic E-state index is 14.2. The maximum atomic E-state index is 14.2. The fourth-order valence-corrected chi connectivity index (χ4v) is 7.61. The highest BCUT2D eigenvalue weighted by atomic mass is 31.2. The molecule has 3 aliphatic rings. The molecular weight excluding hydrogens is 455 g/mol. The Labute approximate surface area is 215 Å². The summed E-state index contributed by atoms with van der Waals surface area (Å²) in [6.07, 6.45) is 10.2. The molecule has 3 rings (SSSR count). The zero-order valence-corrected chi connectivity index (χ0v) is 25.0. The summed E-state index contributed by atoms with van der Waals surface area (Å²) in [4.78, 5) is 0. The van der Waals surface area contributed by atoms with Crippen molar-refractivity contribution in [2.24, 2.45) is 16.2 Å². The second kappa shape index (κ2) is 11.0. The fraction of sp³-hybridized carbons (Fsp3) is 0.800. The second-order valence-electron chi connectivity index (χ2n) is 13.3. The summed E-state index contributed by atoms with van der Waals surface area (Å²) < 4.78 is 32.7. The van der Waals surface area contributed by atoms with E-state index in [2.05, 4.69) is 62.3 Å². The Morgan fingerprint density at radius 1 is 0.571 bits per heavy atom. The third-order valence-corrected chi connectivity index (χ3v) is 10.5. The van der Waals surface area contributed by atoms with Crippen molar-refractivity contribution < 1.29 is 18.1 Å². The van der Waals surface area contributed by atoms with Gasteiger partial charge in [0.25, 0.3) is 0 Å². The lowest BCUT2D eigenvalue weighted by molar-refractivity contribution is 0.117. The molecule has 0 fully saturated rings. The largest absolute Gasteiger partial charge is 0.475 e. The van der Waals surface area contributed by atoms with Gasteiger partial charge in [0.2, 0.25) is 0 Å². The van der Waals surface area contributed by atoms with Crippen LogP contribution in [0.2, 0.25) is 0 Å². The molecule has 0 N–H and O–H groups in total. The van der Waals surface area contributed by atoms with Crippen LogP contribution in [0.3, 0.4) is 0 Å². The molecule has 0 radical (unpaired) electrons. The first-order valence-electron chi connectivity index (χ1n) is 13.8. The van der Waals surface area contributed by atoms with Crippen molar-refractivity contribution in [3.8, 4) is 0 Å². The molecule has 0 bridgehead atoms. The normalized spacial score (nSPS) is 24.8. The van der Waals surface area contributed by atoms with Gasteiger partial charge in [0.05, 0.1) is 19.8 Å². The molecule has 0 aromatic rings. The van der Waals surface area contributed by atoms with E-state index in [0.717, 1.165) is 38.5 Å². The van der Waals surface area contributed by atoms with E-state index in [1.54, 1.807) is 0 Å². The maximum Gasteiger partial charge on any atom is 0.475 e. The van der Waals surface area contributed by atoms with Crippen LogP contribution >= 0.6 is 7.82 Å². The van der Waals surface area contributed by atoms with Crippen molar-refractivity contribution in [2.75, 3.05) is 19.8 Å². The van der Waals surface area contributed by atoms with Gasteiger partial charge in [-0.15, -0.1) is 0 Å². The predicted molar refractivity (Wildman–Crippen MR) is 146 cm³/mol. The first-order chi connectivity index (χ1) is 16.2. The summed E-state index contributed by atoms with van der Waals surface area (Å²) in [5.74, 6) is 0. The van der Waals surface area contributed by atoms with Gasteiger partial charge in [-0.25, -0.2) is 4.57 Å². The van der Waals surface area contributed by atoms with E-state index in [4.69, 9.17) is 13.6 Å². The Balaban J connectivity index is 1.82. The van der Waals surface area contributed by atoms with Crippen molar-refractivity contribution in [1.82, 2.24) is 0 Å². The van der Waals surface area contributed by atoms with Gasteiger partial charge in [-0.1, -0.05) is 58.3 Å². The Morgan fingerprint density at radius 3 is 1.06 bits per heavy atom. The molecule has 0 saturated carbocycles. The van der Waals surface area contributed by atoms with Crippen LogP contribution in [0.5, 0.6) is 0 Å². The van der Waals surface area contributed by atoms with Crippen LogP contribution in [0, 0.1) is 16.2 Å². The molecule has 0 saturated heterocycles. The summed E-state index contributed by atoms with van der Waals surface area (Å²) in [7, 11) is -3.77. The van der Waals surface area contributed by atoms with Crippen LogP contribution in [0.1, 0.15) is 120 Å². The highest BCUT2D eigenvalue weighted by Gasteiger charge is 2.37. The van der Waals surface area contributed by atoms with Crippen LogP contribution in [0.15, 0.2) is 33.4 Å². The summed E-state index contributed by atoms with van der Waals surface area (Å²) in [5.41, 5.74) is 7.94. The Kier molecular flexibility index (Phi) is 9.06. The highest BCUT2D eigenvalue weighted by Crippen LogP contribution is 2.55. The summed E-state index contributed by atoms with van der Waals surface area (Å²) >= 11 is 0. The molecule has 0 spiro atoms. The molecular formula is C30H51O4P. The molecule has 3 aliphatic carbocycles. The molecule has 0 heterocycles. The van der Waals surface area contributed by atoms with Gasteiger partial charge in [-0.3, -0.25) is 13.6 Å². The molecule has 0 aliphatic heterocycles. The number of rotatable bonds is 9. The second-order valence-corrected chi connectivity index (χ2v) is 14.9. The van der Waals surface area contributed by atoms with Gasteiger partial charge in [0.15, 0.2) is 0 Å². The fourth-order valence-electron chi connectivity index (χ4n) is 6.52. The van der Waals surface area contributed by atoms with E-state index < -0.39 is 7.82 Å². The van der Waals surface area contributed by atoms with Crippen LogP contribution in [-0.4, -0.2) is 19.8 Å². The third kappa shape index (κ3) is 7.01. The van der Waals surface area contributed by atoms with Crippen LogP contribution in [0.4, 0.5) is 0 Å². The number of phosphoric acid groups is 1. The first kappa shape index (κ1) is 28.9. The minimum Gasteiger partial charge on any atom is -0.282 e. The lowest BCUT2D eigenvalue weighted by Gasteiger charge is -2.37. The van der Waals surface area contributed by atoms with E-state index in [1.807, 2.05) is 0 Å². The van der Waals surface area contributed by atoms with E-state index in [9.17, 15) is 4.57 Å². The SMILES string of the molecule is CC1=C(COP(=O)(OCC2=C(C)CCCC2(C)C)OCC2=C(C)CCCC2(C)C)C(C)(C)CCC1. The quantitative estimate of drug-likeness (QED) is 0.231. The molecule has 35 heavy (non-hydrogen) atoms. The van der Waals surface area contributed by atoms with Gasteiger partial charge < -0.3 is 0 Å². The Bertz CT molecular complexity index is 813. The standard InChI is InChI=1S/C30H51O4P/c1-22-13-10-16-28(4,5)25(22)19-32-35(31,33-20-26-23(2)14-11-17-29(26,6)7)34-21-27-24(3)15-12-18-30(27,8)9/h10-21H2,1-9H3. The van der Waals surface area contributed by atoms with Gasteiger partial charge in [0.1, 0.15) is 0 Å². The average Bonchev–Trinajstić information content (AvgIpc) is 2.71. The molecule has 0 atom stereocenters. The van der Waals surface area contributed by atoms with E-state index in [-0.39, 0.29) is 16.2 Å². The zero-order valence-electron chi connectivity index (χ0n) is 24.1. The lowest BCUT2D eigenvalue weighted by Crippen LogP contribution is -2.26. The van der Waals surface area contributed by atoms with Crippen LogP contribution < -0.4 is 0 Å². The molecule has 0 amide bonds. The number of hydrogen-bond acceptors (Lipinski definition) is 4. The Hall–Kier alpha value is -0.670. The van der Waals surface area contributed by atoms with Gasteiger partial charge in [-0.05, 0) is 112 Å². The van der Waals surface area contributed by atoms with Crippen molar-refractivity contribution in [1.29, 1.82) is 0 Å². The predicted octanol–water partition coefficient (Wildman–Crippen LogP) is 9.72. The minimum atomic E-state index is -3.77. The number of phosphoric ester groups is 1. The summed E-state index contributed by atoms with van der Waals surface area (Å²) in [6.45, 7) is 21.0. The number of hydrogen-bond donors (Lipinski definition) is 0. The van der Waals surface area contributed by atoms with E-state index >= 15 is 0 Å².